The third kappa shape index (κ3) is 4.85. The lowest BCUT2D eigenvalue weighted by atomic mass is 10.1. The Bertz CT molecular complexity index is 1070. The molecule has 0 aliphatic heterocycles. The van der Waals surface area contributed by atoms with Crippen molar-refractivity contribution >= 4 is 23.6 Å². The summed E-state index contributed by atoms with van der Waals surface area (Å²) in [7, 11) is 0. The van der Waals surface area contributed by atoms with Crippen molar-refractivity contribution < 1.29 is 18.4 Å². The Labute approximate surface area is 176 Å². The van der Waals surface area contributed by atoms with E-state index in [1.54, 1.807) is 23.6 Å². The van der Waals surface area contributed by atoms with Crippen LogP contribution < -0.4 is 10.6 Å². The van der Waals surface area contributed by atoms with Crippen LogP contribution in [0.15, 0.2) is 53.8 Å². The van der Waals surface area contributed by atoms with E-state index in [1.165, 1.54) is 48.3 Å². The summed E-state index contributed by atoms with van der Waals surface area (Å²) < 4.78 is 28.5. The van der Waals surface area contributed by atoms with Crippen LogP contribution in [0.25, 0.3) is 5.69 Å². The zero-order valence-corrected chi connectivity index (χ0v) is 17.2. The molecule has 0 unspecified atom stereocenters. The van der Waals surface area contributed by atoms with Gasteiger partial charge in [0.05, 0.1) is 6.20 Å². The Hall–Kier alpha value is -3.20. The summed E-state index contributed by atoms with van der Waals surface area (Å²) in [5.41, 5.74) is 1.57. The highest BCUT2D eigenvalue weighted by atomic mass is 32.2. The predicted octanol–water partition coefficient (Wildman–Crippen LogP) is 3.34. The number of imidazole rings is 1. The van der Waals surface area contributed by atoms with E-state index in [4.69, 9.17) is 0 Å². The SMILES string of the molecule is CSc1ncc(C(=O)NCCNC(=O)c2ccc(C)c(F)c2)n1-c1ccc(F)cc1. The van der Waals surface area contributed by atoms with Crippen molar-refractivity contribution in [1.82, 2.24) is 20.2 Å². The van der Waals surface area contributed by atoms with Crippen LogP contribution in [-0.4, -0.2) is 40.7 Å². The third-order valence-corrected chi connectivity index (χ3v) is 5.01. The van der Waals surface area contributed by atoms with E-state index in [9.17, 15) is 18.4 Å². The number of nitrogens with zero attached hydrogens (tertiary/aromatic N) is 2. The fourth-order valence-electron chi connectivity index (χ4n) is 2.76. The summed E-state index contributed by atoms with van der Waals surface area (Å²) in [6, 6.07) is 10.00. The lowest BCUT2D eigenvalue weighted by Crippen LogP contribution is -2.35. The smallest absolute Gasteiger partial charge is 0.270 e. The first-order valence-corrected chi connectivity index (χ1v) is 10.3. The van der Waals surface area contributed by atoms with Crippen molar-refractivity contribution in [3.8, 4) is 5.69 Å². The molecular weight excluding hydrogens is 410 g/mol. The molecule has 0 fully saturated rings. The second-order valence-electron chi connectivity index (χ2n) is 6.42. The van der Waals surface area contributed by atoms with Crippen LogP contribution in [0.4, 0.5) is 8.78 Å². The molecule has 0 aliphatic rings. The molecule has 30 heavy (non-hydrogen) atoms. The average Bonchev–Trinajstić information content (AvgIpc) is 3.17. The first-order valence-electron chi connectivity index (χ1n) is 9.11. The van der Waals surface area contributed by atoms with Gasteiger partial charge in [-0.1, -0.05) is 17.8 Å². The molecule has 0 saturated carbocycles. The monoisotopic (exact) mass is 430 g/mol. The van der Waals surface area contributed by atoms with E-state index in [-0.39, 0.29) is 36.1 Å². The number of aromatic nitrogens is 2. The van der Waals surface area contributed by atoms with Crippen molar-refractivity contribution in [3.05, 3.63) is 77.1 Å². The van der Waals surface area contributed by atoms with Gasteiger partial charge in [-0.15, -0.1) is 0 Å². The van der Waals surface area contributed by atoms with E-state index in [0.717, 1.165) is 0 Å². The summed E-state index contributed by atoms with van der Waals surface area (Å²) in [5.74, 6) is -1.64. The minimum Gasteiger partial charge on any atom is -0.350 e. The summed E-state index contributed by atoms with van der Waals surface area (Å²) in [4.78, 5) is 28.9. The molecule has 2 aromatic carbocycles. The maximum absolute atomic E-state index is 13.6. The van der Waals surface area contributed by atoms with Crippen molar-refractivity contribution in [2.24, 2.45) is 0 Å². The van der Waals surface area contributed by atoms with E-state index >= 15 is 0 Å². The average molecular weight is 430 g/mol. The Morgan fingerprint density at radius 1 is 1.03 bits per heavy atom. The molecular formula is C21H20F2N4O2S. The van der Waals surface area contributed by atoms with E-state index in [2.05, 4.69) is 15.6 Å². The summed E-state index contributed by atoms with van der Waals surface area (Å²) in [6.07, 6.45) is 3.27. The maximum Gasteiger partial charge on any atom is 0.270 e. The van der Waals surface area contributed by atoms with Gasteiger partial charge in [-0.2, -0.15) is 0 Å². The van der Waals surface area contributed by atoms with Crippen molar-refractivity contribution in [3.63, 3.8) is 0 Å². The fourth-order valence-corrected chi connectivity index (χ4v) is 3.30. The molecule has 2 amide bonds. The van der Waals surface area contributed by atoms with Gasteiger partial charge in [0.1, 0.15) is 17.3 Å². The number of hydrogen-bond acceptors (Lipinski definition) is 4. The van der Waals surface area contributed by atoms with Gasteiger partial charge >= 0.3 is 0 Å². The van der Waals surface area contributed by atoms with Gasteiger partial charge in [0.15, 0.2) is 5.16 Å². The van der Waals surface area contributed by atoms with Crippen LogP contribution in [0.1, 0.15) is 26.4 Å². The minimum absolute atomic E-state index is 0.167. The van der Waals surface area contributed by atoms with Crippen LogP contribution >= 0.6 is 11.8 Å². The summed E-state index contributed by atoms with van der Waals surface area (Å²) in [5, 5.41) is 5.93. The molecule has 0 atom stereocenters. The Morgan fingerprint density at radius 2 is 1.70 bits per heavy atom. The summed E-state index contributed by atoms with van der Waals surface area (Å²) >= 11 is 1.36. The molecule has 0 spiro atoms. The lowest BCUT2D eigenvalue weighted by molar-refractivity contribution is 0.0923. The first kappa shape index (κ1) is 21.5. The largest absolute Gasteiger partial charge is 0.350 e. The van der Waals surface area contributed by atoms with E-state index in [0.29, 0.717) is 16.4 Å². The number of nitrogens with one attached hydrogen (secondary N) is 2. The number of carbonyl (C=O) groups excluding carboxylic acids is 2. The van der Waals surface area contributed by atoms with Crippen LogP contribution in [0.3, 0.4) is 0 Å². The van der Waals surface area contributed by atoms with Gasteiger partial charge in [-0.25, -0.2) is 13.8 Å². The number of carbonyl (C=O) groups is 2. The van der Waals surface area contributed by atoms with E-state index in [1.807, 2.05) is 6.26 Å². The number of rotatable bonds is 7. The van der Waals surface area contributed by atoms with Crippen LogP contribution in [0.5, 0.6) is 0 Å². The molecule has 1 heterocycles. The maximum atomic E-state index is 13.6. The Balaban J connectivity index is 1.61. The van der Waals surface area contributed by atoms with Gasteiger partial charge in [0.25, 0.3) is 11.8 Å². The van der Waals surface area contributed by atoms with Crippen LogP contribution in [0.2, 0.25) is 0 Å². The standard InChI is InChI=1S/C21H20F2N4O2S/c1-13-3-4-14(11-17(13)23)19(28)24-9-10-25-20(29)18-12-26-21(30-2)27(18)16-7-5-15(22)6-8-16/h3-8,11-12H,9-10H2,1-2H3,(H,24,28)(H,25,29). The van der Waals surface area contributed by atoms with Gasteiger partial charge in [-0.05, 0) is 55.1 Å². The Morgan fingerprint density at radius 3 is 2.33 bits per heavy atom. The molecule has 6 nitrogen and oxygen atoms in total. The highest BCUT2D eigenvalue weighted by Gasteiger charge is 2.17. The Kier molecular flexibility index (Phi) is 6.83. The molecule has 156 valence electrons. The van der Waals surface area contributed by atoms with Gasteiger partial charge in [-0.3, -0.25) is 14.2 Å². The second-order valence-corrected chi connectivity index (χ2v) is 7.19. The number of hydrogen-bond donors (Lipinski definition) is 2. The molecule has 1 aromatic heterocycles. The quantitative estimate of drug-likeness (QED) is 0.445. The zero-order chi connectivity index (χ0) is 21.7. The van der Waals surface area contributed by atoms with Crippen molar-refractivity contribution in [1.29, 1.82) is 0 Å². The molecule has 0 radical (unpaired) electrons. The number of halogens is 2. The minimum atomic E-state index is -0.449. The number of thioether (sulfide) groups is 1. The summed E-state index contributed by atoms with van der Waals surface area (Å²) in [6.45, 7) is 1.95. The van der Waals surface area contributed by atoms with Crippen molar-refractivity contribution in [2.45, 2.75) is 12.1 Å². The third-order valence-electron chi connectivity index (χ3n) is 4.36. The molecule has 0 aliphatic carbocycles. The number of amides is 2. The molecule has 0 bridgehead atoms. The fraction of sp³-hybridized carbons (Fsp3) is 0.190. The van der Waals surface area contributed by atoms with E-state index < -0.39 is 11.7 Å². The topological polar surface area (TPSA) is 76.0 Å². The normalized spacial score (nSPS) is 10.7. The molecule has 9 heteroatoms. The highest BCUT2D eigenvalue weighted by molar-refractivity contribution is 7.98. The molecule has 2 N–H and O–H groups in total. The van der Waals surface area contributed by atoms with Gasteiger partial charge in [0.2, 0.25) is 0 Å². The second kappa shape index (κ2) is 9.53. The molecule has 3 rings (SSSR count). The highest BCUT2D eigenvalue weighted by Crippen LogP contribution is 2.22. The molecule has 0 saturated heterocycles. The lowest BCUT2D eigenvalue weighted by Gasteiger charge is -2.12. The predicted molar refractivity (Wildman–Crippen MR) is 111 cm³/mol. The first-order chi connectivity index (χ1) is 14.4. The zero-order valence-electron chi connectivity index (χ0n) is 16.4. The van der Waals surface area contributed by atoms with Gasteiger partial charge in [0, 0.05) is 24.3 Å². The van der Waals surface area contributed by atoms with Gasteiger partial charge < -0.3 is 10.6 Å². The molecule has 3 aromatic rings. The van der Waals surface area contributed by atoms with Crippen LogP contribution in [0, 0.1) is 18.6 Å². The van der Waals surface area contributed by atoms with Crippen molar-refractivity contribution in [2.75, 3.05) is 19.3 Å². The number of benzene rings is 2. The number of aryl methyl sites for hydroxylation is 1. The van der Waals surface area contributed by atoms with Crippen LogP contribution in [-0.2, 0) is 0 Å².